The average Bonchev–Trinajstić information content (AvgIpc) is 2.86. The summed E-state index contributed by atoms with van der Waals surface area (Å²) >= 11 is 1.48. The molecule has 3 aromatic rings. The Morgan fingerprint density at radius 3 is 2.83 bits per heavy atom. The van der Waals surface area contributed by atoms with E-state index >= 15 is 0 Å². The summed E-state index contributed by atoms with van der Waals surface area (Å²) in [7, 11) is 1.89. The third kappa shape index (κ3) is 2.97. The highest BCUT2D eigenvalue weighted by Gasteiger charge is 2.08. The van der Waals surface area contributed by atoms with Gasteiger partial charge in [0.1, 0.15) is 5.75 Å². The number of rotatable bonds is 3. The van der Waals surface area contributed by atoms with E-state index in [1.54, 1.807) is 0 Å². The van der Waals surface area contributed by atoms with Crippen molar-refractivity contribution in [3.05, 3.63) is 62.9 Å². The van der Waals surface area contributed by atoms with Gasteiger partial charge in [-0.05, 0) is 18.2 Å². The minimum Gasteiger partial charge on any atom is -0.507 e. The summed E-state index contributed by atoms with van der Waals surface area (Å²) in [5.41, 5.74) is 1.17. The van der Waals surface area contributed by atoms with E-state index in [0.717, 1.165) is 10.2 Å². The highest BCUT2D eigenvalue weighted by atomic mass is 32.1. The maximum atomic E-state index is 10.8. The van der Waals surface area contributed by atoms with E-state index in [-0.39, 0.29) is 17.0 Å². The molecule has 2 aromatic carbocycles. The van der Waals surface area contributed by atoms with Gasteiger partial charge in [-0.1, -0.05) is 23.5 Å². The molecule has 0 amide bonds. The molecule has 116 valence electrons. The molecule has 3 rings (SSSR count). The van der Waals surface area contributed by atoms with E-state index in [9.17, 15) is 15.2 Å². The lowest BCUT2D eigenvalue weighted by atomic mass is 10.2. The maximum absolute atomic E-state index is 10.8. The van der Waals surface area contributed by atoms with Gasteiger partial charge in [-0.15, -0.1) is 5.10 Å². The minimum absolute atomic E-state index is 0.0877. The molecule has 0 saturated carbocycles. The molecule has 0 aliphatic rings. The first-order chi connectivity index (χ1) is 11.1. The second-order valence-electron chi connectivity index (χ2n) is 4.76. The van der Waals surface area contributed by atoms with Crippen molar-refractivity contribution in [3.63, 3.8) is 0 Å². The first kappa shape index (κ1) is 14.9. The number of non-ortho nitro benzene ring substituents is 1. The van der Waals surface area contributed by atoms with Crippen molar-refractivity contribution < 1.29 is 10.0 Å². The lowest BCUT2D eigenvalue weighted by Crippen LogP contribution is -2.08. The monoisotopic (exact) mass is 328 g/mol. The van der Waals surface area contributed by atoms with E-state index in [4.69, 9.17) is 0 Å². The van der Waals surface area contributed by atoms with Gasteiger partial charge in [-0.2, -0.15) is 5.10 Å². The second-order valence-corrected chi connectivity index (χ2v) is 5.77. The van der Waals surface area contributed by atoms with Crippen LogP contribution < -0.4 is 4.80 Å². The van der Waals surface area contributed by atoms with Crippen LogP contribution in [0.5, 0.6) is 5.75 Å². The van der Waals surface area contributed by atoms with E-state index in [2.05, 4.69) is 10.2 Å². The first-order valence-corrected chi connectivity index (χ1v) is 7.47. The Balaban J connectivity index is 1.98. The number of nitro benzene ring substituents is 1. The summed E-state index contributed by atoms with van der Waals surface area (Å²) in [6.07, 6.45) is 1.30. The van der Waals surface area contributed by atoms with Crippen LogP contribution >= 0.6 is 11.3 Å². The van der Waals surface area contributed by atoms with Crippen LogP contribution in [0.2, 0.25) is 0 Å². The highest BCUT2D eigenvalue weighted by molar-refractivity contribution is 7.16. The van der Waals surface area contributed by atoms with Crippen LogP contribution in [0.1, 0.15) is 5.56 Å². The highest BCUT2D eigenvalue weighted by Crippen LogP contribution is 2.21. The summed E-state index contributed by atoms with van der Waals surface area (Å²) in [6.45, 7) is 0. The standard InChI is InChI=1S/C15H12N4O3S/c1-18-12-4-2-3-5-14(12)23-15(18)17-16-9-10-8-11(19(21)22)6-7-13(10)20/h2-9,20H,1H3/b16-9-,17-15-. The van der Waals surface area contributed by atoms with Crippen LogP contribution in [0.3, 0.4) is 0 Å². The molecule has 0 atom stereocenters. The third-order valence-corrected chi connectivity index (χ3v) is 4.38. The molecule has 0 aliphatic heterocycles. The summed E-state index contributed by atoms with van der Waals surface area (Å²) in [5, 5.41) is 28.5. The second kappa shape index (κ2) is 6.01. The van der Waals surface area contributed by atoms with Gasteiger partial charge < -0.3 is 9.67 Å². The van der Waals surface area contributed by atoms with Gasteiger partial charge in [0, 0.05) is 24.7 Å². The number of phenolic OH excluding ortho intramolecular Hbond substituents is 1. The number of thiazole rings is 1. The van der Waals surface area contributed by atoms with Gasteiger partial charge in [0.15, 0.2) is 0 Å². The Labute approximate surface area is 134 Å². The number of para-hydroxylation sites is 1. The minimum atomic E-state index is -0.528. The van der Waals surface area contributed by atoms with Crippen molar-refractivity contribution >= 4 is 33.5 Å². The predicted molar refractivity (Wildman–Crippen MR) is 88.7 cm³/mol. The number of hydrogen-bond donors (Lipinski definition) is 1. The lowest BCUT2D eigenvalue weighted by molar-refractivity contribution is -0.384. The Hall–Kier alpha value is -3.00. The molecule has 8 heteroatoms. The number of aromatic hydroxyl groups is 1. The van der Waals surface area contributed by atoms with Crippen LogP contribution in [0, 0.1) is 10.1 Å². The number of fused-ring (bicyclic) bond motifs is 1. The van der Waals surface area contributed by atoms with Crippen molar-refractivity contribution in [2.45, 2.75) is 0 Å². The zero-order valence-corrected chi connectivity index (χ0v) is 12.9. The Morgan fingerprint density at radius 1 is 1.30 bits per heavy atom. The SMILES string of the molecule is Cn1/c(=N/N=C\c2cc([N+](=O)[O-])ccc2O)sc2ccccc21. The van der Waals surface area contributed by atoms with Gasteiger partial charge >= 0.3 is 0 Å². The molecule has 7 nitrogen and oxygen atoms in total. The van der Waals surface area contributed by atoms with Gasteiger partial charge in [0.05, 0.1) is 21.4 Å². The van der Waals surface area contributed by atoms with Crippen molar-refractivity contribution in [1.29, 1.82) is 0 Å². The molecule has 0 radical (unpaired) electrons. The summed E-state index contributed by atoms with van der Waals surface area (Å²) < 4.78 is 2.99. The zero-order valence-electron chi connectivity index (χ0n) is 12.1. The molecule has 0 bridgehead atoms. The molecular formula is C15H12N4O3S. The van der Waals surface area contributed by atoms with E-state index in [1.807, 2.05) is 35.9 Å². The topological polar surface area (TPSA) is 93.0 Å². The fourth-order valence-corrected chi connectivity index (χ4v) is 3.05. The Morgan fingerprint density at radius 2 is 2.09 bits per heavy atom. The molecular weight excluding hydrogens is 316 g/mol. The number of benzene rings is 2. The Kier molecular flexibility index (Phi) is 3.90. The zero-order chi connectivity index (χ0) is 16.4. The van der Waals surface area contributed by atoms with Crippen LogP contribution in [0.15, 0.2) is 52.7 Å². The van der Waals surface area contributed by atoms with Crippen molar-refractivity contribution in [1.82, 2.24) is 4.57 Å². The van der Waals surface area contributed by atoms with Crippen LogP contribution in [-0.2, 0) is 7.05 Å². The van der Waals surface area contributed by atoms with Gasteiger partial charge in [0.2, 0.25) is 4.80 Å². The first-order valence-electron chi connectivity index (χ1n) is 6.65. The van der Waals surface area contributed by atoms with Crippen LogP contribution in [0.4, 0.5) is 5.69 Å². The number of aromatic nitrogens is 1. The maximum Gasteiger partial charge on any atom is 0.270 e. The van der Waals surface area contributed by atoms with Gasteiger partial charge in [-0.3, -0.25) is 10.1 Å². The average molecular weight is 328 g/mol. The summed E-state index contributed by atoms with van der Waals surface area (Å²) in [5.74, 6) is -0.0877. The number of phenols is 1. The van der Waals surface area contributed by atoms with Gasteiger partial charge in [-0.25, -0.2) is 0 Å². The van der Waals surface area contributed by atoms with E-state index in [1.165, 1.54) is 35.8 Å². The fourth-order valence-electron chi connectivity index (χ4n) is 2.08. The largest absolute Gasteiger partial charge is 0.507 e. The van der Waals surface area contributed by atoms with E-state index < -0.39 is 4.92 Å². The molecule has 23 heavy (non-hydrogen) atoms. The quantitative estimate of drug-likeness (QED) is 0.455. The number of hydrogen-bond acceptors (Lipinski definition) is 6. The number of nitro groups is 1. The smallest absolute Gasteiger partial charge is 0.270 e. The third-order valence-electron chi connectivity index (χ3n) is 3.28. The molecule has 0 aliphatic carbocycles. The molecule has 1 heterocycles. The lowest BCUT2D eigenvalue weighted by Gasteiger charge is -1.97. The van der Waals surface area contributed by atoms with Crippen LogP contribution in [0.25, 0.3) is 10.2 Å². The molecule has 1 N–H and O–H groups in total. The normalized spacial score (nSPS) is 12.3. The summed E-state index contributed by atoms with van der Waals surface area (Å²) in [6, 6.07) is 11.6. The summed E-state index contributed by atoms with van der Waals surface area (Å²) in [4.78, 5) is 10.9. The molecule has 0 saturated heterocycles. The Bertz CT molecular complexity index is 988. The van der Waals surface area contributed by atoms with Crippen molar-refractivity contribution in [2.24, 2.45) is 17.3 Å². The van der Waals surface area contributed by atoms with E-state index in [0.29, 0.717) is 4.80 Å². The number of nitrogens with zero attached hydrogens (tertiary/aromatic N) is 4. The molecule has 0 spiro atoms. The van der Waals surface area contributed by atoms with Crippen LogP contribution in [-0.4, -0.2) is 20.8 Å². The van der Waals surface area contributed by atoms with Gasteiger partial charge in [0.25, 0.3) is 5.69 Å². The molecule has 0 unspecified atom stereocenters. The fraction of sp³-hybridized carbons (Fsp3) is 0.0667. The molecule has 1 aromatic heterocycles. The van der Waals surface area contributed by atoms with Crippen molar-refractivity contribution in [3.8, 4) is 5.75 Å². The molecule has 0 fully saturated rings. The van der Waals surface area contributed by atoms with Crippen molar-refractivity contribution in [2.75, 3.05) is 0 Å². The predicted octanol–water partition coefficient (Wildman–Crippen LogP) is 2.79. The number of aryl methyl sites for hydroxylation is 1.